The van der Waals surface area contributed by atoms with Crippen molar-refractivity contribution < 1.29 is 35.3 Å². The lowest BCUT2D eigenvalue weighted by Crippen LogP contribution is -2.41. The Labute approximate surface area is 161 Å². The van der Waals surface area contributed by atoms with Gasteiger partial charge in [-0.2, -0.15) is 8.78 Å². The first kappa shape index (κ1) is 22.4. The van der Waals surface area contributed by atoms with E-state index in [4.69, 9.17) is 4.74 Å². The Kier molecular flexibility index (Phi) is 6.61. The Bertz CT molecular complexity index is 943. The largest absolute Gasteiger partial charge is 0.381 e. The zero-order valence-electron chi connectivity index (χ0n) is 14.9. The summed E-state index contributed by atoms with van der Waals surface area (Å²) >= 11 is 0. The number of nitro groups is 1. The molecule has 13 heteroatoms. The third-order valence-corrected chi connectivity index (χ3v) is 7.02. The lowest BCUT2D eigenvalue weighted by atomic mass is 9.82. The molecule has 28 heavy (non-hydrogen) atoms. The van der Waals surface area contributed by atoms with Gasteiger partial charge in [-0.25, -0.2) is 16.8 Å². The monoisotopic (exact) mass is 442 g/mol. The molecule has 1 aromatic rings. The fourth-order valence-corrected chi connectivity index (χ4v) is 5.35. The molecule has 0 radical (unpaired) electrons. The summed E-state index contributed by atoms with van der Waals surface area (Å²) in [5.74, 6) is -3.85. The first-order chi connectivity index (χ1) is 12.9. The van der Waals surface area contributed by atoms with Gasteiger partial charge in [-0.3, -0.25) is 10.1 Å². The first-order valence-corrected chi connectivity index (χ1v) is 11.8. The molecule has 1 aromatic carbocycles. The Morgan fingerprint density at radius 1 is 1.25 bits per heavy atom. The van der Waals surface area contributed by atoms with Crippen LogP contribution in [-0.2, 0) is 24.4 Å². The quantitative estimate of drug-likeness (QED) is 0.476. The Balaban J connectivity index is 2.33. The number of hydrogen-bond acceptors (Lipinski definition) is 8. The summed E-state index contributed by atoms with van der Waals surface area (Å²) in [7, 11) is -8.32. The number of nitro benzene ring substituents is 1. The molecule has 0 bridgehead atoms. The van der Waals surface area contributed by atoms with Crippen LogP contribution >= 0.6 is 0 Å². The van der Waals surface area contributed by atoms with E-state index in [2.05, 4.69) is 5.32 Å². The molecule has 1 fully saturated rings. The standard InChI is InChI=1S/C15H20F2N2O7S2/c1-27(22,23)10-15(4-6-26-7-5-15)9-18-12-3-2-11(8-13(12)19(20)21)28(24,25)14(16)17/h2-3,8,14,18H,4-7,9-10H2,1H3. The van der Waals surface area contributed by atoms with Crippen LogP contribution in [0.25, 0.3) is 0 Å². The molecular weight excluding hydrogens is 422 g/mol. The van der Waals surface area contributed by atoms with Gasteiger partial charge in [-0.05, 0) is 25.0 Å². The van der Waals surface area contributed by atoms with Crippen molar-refractivity contribution in [1.82, 2.24) is 0 Å². The summed E-state index contributed by atoms with van der Waals surface area (Å²) in [4.78, 5) is 9.54. The third-order valence-electron chi connectivity index (χ3n) is 4.50. The number of alkyl halides is 2. The number of rotatable bonds is 8. The van der Waals surface area contributed by atoms with E-state index in [1.54, 1.807) is 0 Å². The number of sulfone groups is 2. The van der Waals surface area contributed by atoms with Crippen molar-refractivity contribution in [2.45, 2.75) is 23.5 Å². The maximum absolute atomic E-state index is 12.7. The van der Waals surface area contributed by atoms with Gasteiger partial charge >= 0.3 is 5.76 Å². The first-order valence-electron chi connectivity index (χ1n) is 8.16. The van der Waals surface area contributed by atoms with Crippen LogP contribution in [0, 0.1) is 15.5 Å². The number of nitrogens with zero attached hydrogens (tertiary/aromatic N) is 1. The molecule has 2 rings (SSSR count). The van der Waals surface area contributed by atoms with E-state index in [0.29, 0.717) is 32.1 Å². The molecule has 0 atom stereocenters. The number of nitrogens with one attached hydrogen (secondary N) is 1. The van der Waals surface area contributed by atoms with E-state index in [0.717, 1.165) is 18.4 Å². The molecule has 0 spiro atoms. The summed E-state index contributed by atoms with van der Waals surface area (Å²) < 4.78 is 77.3. The van der Waals surface area contributed by atoms with Crippen LogP contribution < -0.4 is 5.32 Å². The van der Waals surface area contributed by atoms with Gasteiger partial charge in [0.25, 0.3) is 5.69 Å². The van der Waals surface area contributed by atoms with Gasteiger partial charge in [0.1, 0.15) is 15.5 Å². The van der Waals surface area contributed by atoms with Crippen LogP contribution in [0.2, 0.25) is 0 Å². The zero-order valence-corrected chi connectivity index (χ0v) is 16.6. The Morgan fingerprint density at radius 3 is 2.36 bits per heavy atom. The second-order valence-electron chi connectivity index (χ2n) is 6.78. The molecule has 0 saturated carbocycles. The summed E-state index contributed by atoms with van der Waals surface area (Å²) in [6.07, 6.45) is 1.92. The van der Waals surface area contributed by atoms with E-state index < -0.39 is 46.4 Å². The Hall–Kier alpha value is -1.86. The van der Waals surface area contributed by atoms with E-state index in [9.17, 15) is 35.7 Å². The number of hydrogen-bond donors (Lipinski definition) is 1. The van der Waals surface area contributed by atoms with Gasteiger partial charge in [-0.1, -0.05) is 0 Å². The van der Waals surface area contributed by atoms with Crippen LogP contribution in [0.15, 0.2) is 23.1 Å². The molecule has 1 heterocycles. The molecule has 1 saturated heterocycles. The average Bonchev–Trinajstić information content (AvgIpc) is 2.59. The smallest absolute Gasteiger partial charge is 0.341 e. The normalized spacial score (nSPS) is 17.4. The molecule has 158 valence electrons. The molecule has 1 aliphatic heterocycles. The summed E-state index contributed by atoms with van der Waals surface area (Å²) in [5, 5.41) is 14.1. The van der Waals surface area contributed by atoms with Crippen LogP contribution in [-0.4, -0.2) is 59.3 Å². The predicted molar refractivity (Wildman–Crippen MR) is 97.0 cm³/mol. The molecule has 0 amide bonds. The number of anilines is 1. The van der Waals surface area contributed by atoms with Crippen molar-refractivity contribution in [3.63, 3.8) is 0 Å². The Morgan fingerprint density at radius 2 is 1.86 bits per heavy atom. The topological polar surface area (TPSA) is 133 Å². The van der Waals surface area contributed by atoms with Gasteiger partial charge < -0.3 is 10.1 Å². The summed E-state index contributed by atoms with van der Waals surface area (Å²) in [5.41, 5.74) is -1.49. The average molecular weight is 442 g/mol. The van der Waals surface area contributed by atoms with Crippen LogP contribution in [0.4, 0.5) is 20.2 Å². The lowest BCUT2D eigenvalue weighted by Gasteiger charge is -2.36. The van der Waals surface area contributed by atoms with Crippen LogP contribution in [0.3, 0.4) is 0 Å². The number of ether oxygens (including phenoxy) is 1. The van der Waals surface area contributed by atoms with Crippen molar-refractivity contribution >= 4 is 31.0 Å². The van der Waals surface area contributed by atoms with Gasteiger partial charge in [0.2, 0.25) is 9.84 Å². The van der Waals surface area contributed by atoms with Gasteiger partial charge in [0.05, 0.1) is 15.6 Å². The molecular formula is C15H20F2N2O7S2. The van der Waals surface area contributed by atoms with E-state index in [1.165, 1.54) is 0 Å². The zero-order chi connectivity index (χ0) is 21.2. The predicted octanol–water partition coefficient (Wildman–Crippen LogP) is 1.84. The maximum atomic E-state index is 12.7. The highest BCUT2D eigenvalue weighted by atomic mass is 32.2. The van der Waals surface area contributed by atoms with E-state index in [1.807, 2.05) is 0 Å². The fraction of sp³-hybridized carbons (Fsp3) is 0.600. The fourth-order valence-electron chi connectivity index (χ4n) is 3.11. The minimum Gasteiger partial charge on any atom is -0.381 e. The highest BCUT2D eigenvalue weighted by Gasteiger charge is 2.36. The van der Waals surface area contributed by atoms with E-state index in [-0.39, 0.29) is 18.0 Å². The molecule has 0 unspecified atom stereocenters. The second-order valence-corrected chi connectivity index (χ2v) is 10.8. The molecule has 9 nitrogen and oxygen atoms in total. The van der Waals surface area contributed by atoms with Gasteiger partial charge in [0.15, 0.2) is 0 Å². The number of halogens is 2. The van der Waals surface area contributed by atoms with Crippen LogP contribution in [0.1, 0.15) is 12.8 Å². The molecule has 1 aliphatic rings. The third kappa shape index (κ3) is 5.35. The minimum atomic E-state index is -4.98. The lowest BCUT2D eigenvalue weighted by molar-refractivity contribution is -0.384. The number of benzene rings is 1. The highest BCUT2D eigenvalue weighted by Crippen LogP contribution is 2.35. The summed E-state index contributed by atoms with van der Waals surface area (Å²) in [6, 6.07) is 2.45. The van der Waals surface area contributed by atoms with Crippen molar-refractivity contribution in [3.8, 4) is 0 Å². The molecule has 0 aromatic heterocycles. The summed E-state index contributed by atoms with van der Waals surface area (Å²) in [6.45, 7) is 0.737. The van der Waals surface area contributed by atoms with E-state index >= 15 is 0 Å². The van der Waals surface area contributed by atoms with Crippen molar-refractivity contribution in [1.29, 1.82) is 0 Å². The minimum absolute atomic E-state index is 0.0607. The molecule has 0 aliphatic carbocycles. The molecule has 1 N–H and O–H groups in total. The van der Waals surface area contributed by atoms with Crippen molar-refractivity contribution in [2.24, 2.45) is 5.41 Å². The maximum Gasteiger partial charge on any atom is 0.341 e. The highest BCUT2D eigenvalue weighted by molar-refractivity contribution is 7.91. The van der Waals surface area contributed by atoms with Gasteiger partial charge in [-0.15, -0.1) is 0 Å². The van der Waals surface area contributed by atoms with Crippen molar-refractivity contribution in [2.75, 3.05) is 37.1 Å². The SMILES string of the molecule is CS(=O)(=O)CC1(CNc2ccc(S(=O)(=O)C(F)F)cc2[N+](=O)[O-])CCOCC1. The van der Waals surface area contributed by atoms with Crippen LogP contribution in [0.5, 0.6) is 0 Å². The van der Waals surface area contributed by atoms with Gasteiger partial charge in [0, 0.05) is 37.5 Å². The second kappa shape index (κ2) is 8.25. The van der Waals surface area contributed by atoms with Crippen molar-refractivity contribution in [3.05, 3.63) is 28.3 Å².